The van der Waals surface area contributed by atoms with E-state index in [1.54, 1.807) is 0 Å². The number of nitrogens with two attached hydrogens (primary N) is 1. The van der Waals surface area contributed by atoms with Crippen LogP contribution in [0.15, 0.2) is 0 Å². The number of carbonyl (C=O) groups is 1. The molecule has 2 aliphatic rings. The standard InChI is InChI=1S/C15H29N3O/c1-17(2)11-14-4-3-9-18(14)15(19)13-7-5-12(10-16)6-8-13/h12-14H,3-11,16H2,1-2H3. The predicted octanol–water partition coefficient (Wildman–Crippen LogP) is 1.30. The zero-order valence-corrected chi connectivity index (χ0v) is 12.5. The Morgan fingerprint density at radius 3 is 2.47 bits per heavy atom. The van der Waals surface area contributed by atoms with Gasteiger partial charge >= 0.3 is 0 Å². The average Bonchev–Trinajstić information content (AvgIpc) is 2.85. The molecule has 1 unspecified atom stereocenters. The summed E-state index contributed by atoms with van der Waals surface area (Å²) in [4.78, 5) is 17.0. The van der Waals surface area contributed by atoms with E-state index in [9.17, 15) is 4.79 Å². The third-order valence-corrected chi connectivity index (χ3v) is 4.77. The lowest BCUT2D eigenvalue weighted by Crippen LogP contribution is -2.44. The number of amides is 1. The summed E-state index contributed by atoms with van der Waals surface area (Å²) < 4.78 is 0. The van der Waals surface area contributed by atoms with Crippen LogP contribution in [0.3, 0.4) is 0 Å². The summed E-state index contributed by atoms with van der Waals surface area (Å²) in [5.74, 6) is 1.34. The second-order valence-corrected chi connectivity index (χ2v) is 6.54. The van der Waals surface area contributed by atoms with Gasteiger partial charge in [0.2, 0.25) is 5.91 Å². The smallest absolute Gasteiger partial charge is 0.225 e. The van der Waals surface area contributed by atoms with E-state index in [1.165, 1.54) is 12.8 Å². The van der Waals surface area contributed by atoms with E-state index < -0.39 is 0 Å². The summed E-state index contributed by atoms with van der Waals surface area (Å²) in [6, 6.07) is 0.440. The van der Waals surface area contributed by atoms with Crippen molar-refractivity contribution in [3.05, 3.63) is 0 Å². The average molecular weight is 267 g/mol. The van der Waals surface area contributed by atoms with Gasteiger partial charge in [-0.3, -0.25) is 4.79 Å². The molecule has 0 bridgehead atoms. The molecule has 1 aliphatic carbocycles. The van der Waals surface area contributed by atoms with Crippen molar-refractivity contribution < 1.29 is 4.79 Å². The van der Waals surface area contributed by atoms with Crippen LogP contribution in [0.2, 0.25) is 0 Å². The molecule has 2 N–H and O–H groups in total. The van der Waals surface area contributed by atoms with Crippen LogP contribution in [0.4, 0.5) is 0 Å². The summed E-state index contributed by atoms with van der Waals surface area (Å²) >= 11 is 0. The van der Waals surface area contributed by atoms with E-state index in [2.05, 4.69) is 23.9 Å². The molecule has 19 heavy (non-hydrogen) atoms. The molecule has 4 heteroatoms. The lowest BCUT2D eigenvalue weighted by atomic mass is 9.81. The van der Waals surface area contributed by atoms with E-state index in [0.717, 1.165) is 45.3 Å². The third-order valence-electron chi connectivity index (χ3n) is 4.77. The maximum atomic E-state index is 12.7. The van der Waals surface area contributed by atoms with Gasteiger partial charge in [-0.2, -0.15) is 0 Å². The number of rotatable bonds is 4. The summed E-state index contributed by atoms with van der Waals surface area (Å²) in [6.45, 7) is 2.76. The zero-order chi connectivity index (χ0) is 13.8. The summed E-state index contributed by atoms with van der Waals surface area (Å²) in [5.41, 5.74) is 5.72. The Bertz CT molecular complexity index is 298. The highest BCUT2D eigenvalue weighted by Crippen LogP contribution is 2.31. The van der Waals surface area contributed by atoms with Crippen molar-refractivity contribution in [3.8, 4) is 0 Å². The number of hydrogen-bond acceptors (Lipinski definition) is 3. The number of likely N-dealkylation sites (N-methyl/N-ethyl adjacent to an activating group) is 1. The van der Waals surface area contributed by atoms with Crippen LogP contribution in [0, 0.1) is 11.8 Å². The Hall–Kier alpha value is -0.610. The van der Waals surface area contributed by atoms with E-state index in [4.69, 9.17) is 5.73 Å². The molecular formula is C15H29N3O. The van der Waals surface area contributed by atoms with Crippen LogP contribution < -0.4 is 5.73 Å². The first-order valence-corrected chi connectivity index (χ1v) is 7.77. The van der Waals surface area contributed by atoms with Crippen LogP contribution in [-0.2, 0) is 4.79 Å². The van der Waals surface area contributed by atoms with Gasteiger partial charge in [-0.15, -0.1) is 0 Å². The Morgan fingerprint density at radius 1 is 1.21 bits per heavy atom. The van der Waals surface area contributed by atoms with Crippen molar-refractivity contribution in [3.63, 3.8) is 0 Å². The second-order valence-electron chi connectivity index (χ2n) is 6.54. The molecule has 0 spiro atoms. The van der Waals surface area contributed by atoms with Gasteiger partial charge < -0.3 is 15.5 Å². The van der Waals surface area contributed by atoms with Crippen molar-refractivity contribution in [1.29, 1.82) is 0 Å². The Balaban J connectivity index is 1.88. The first kappa shape index (κ1) is 14.8. The molecule has 1 saturated carbocycles. The van der Waals surface area contributed by atoms with Gasteiger partial charge in [-0.05, 0) is 65.1 Å². The van der Waals surface area contributed by atoms with Gasteiger partial charge in [-0.1, -0.05) is 0 Å². The molecule has 1 aliphatic heterocycles. The molecule has 110 valence electrons. The maximum absolute atomic E-state index is 12.7. The zero-order valence-electron chi connectivity index (χ0n) is 12.5. The molecule has 1 heterocycles. The molecule has 2 fully saturated rings. The van der Waals surface area contributed by atoms with Crippen molar-refractivity contribution in [2.75, 3.05) is 33.7 Å². The fourth-order valence-electron chi connectivity index (χ4n) is 3.62. The Kier molecular flexibility index (Phi) is 5.22. The predicted molar refractivity (Wildman–Crippen MR) is 77.8 cm³/mol. The summed E-state index contributed by atoms with van der Waals surface area (Å²) in [7, 11) is 4.18. The highest BCUT2D eigenvalue weighted by molar-refractivity contribution is 5.79. The van der Waals surface area contributed by atoms with Gasteiger partial charge in [0.1, 0.15) is 0 Å². The van der Waals surface area contributed by atoms with Crippen LogP contribution in [0.25, 0.3) is 0 Å². The van der Waals surface area contributed by atoms with E-state index >= 15 is 0 Å². The molecular weight excluding hydrogens is 238 g/mol. The first-order valence-electron chi connectivity index (χ1n) is 7.77. The van der Waals surface area contributed by atoms with Crippen LogP contribution in [0.1, 0.15) is 38.5 Å². The number of hydrogen-bond donors (Lipinski definition) is 1. The minimum atomic E-state index is 0.269. The van der Waals surface area contributed by atoms with Gasteiger partial charge in [0.05, 0.1) is 0 Å². The molecule has 0 aromatic heterocycles. The van der Waals surface area contributed by atoms with Crippen LogP contribution in [0.5, 0.6) is 0 Å². The summed E-state index contributed by atoms with van der Waals surface area (Å²) in [6.07, 6.45) is 6.71. The number of carbonyl (C=O) groups excluding carboxylic acids is 1. The third kappa shape index (κ3) is 3.69. The number of nitrogens with zero attached hydrogens (tertiary/aromatic N) is 2. The van der Waals surface area contributed by atoms with Crippen molar-refractivity contribution in [1.82, 2.24) is 9.80 Å². The SMILES string of the molecule is CN(C)CC1CCCN1C(=O)C1CCC(CN)CC1. The lowest BCUT2D eigenvalue weighted by molar-refractivity contribution is -0.137. The summed E-state index contributed by atoms with van der Waals surface area (Å²) in [5, 5.41) is 0. The normalized spacial score (nSPS) is 32.0. The highest BCUT2D eigenvalue weighted by Gasteiger charge is 2.34. The maximum Gasteiger partial charge on any atom is 0.225 e. The van der Waals surface area contributed by atoms with E-state index in [1.807, 2.05) is 0 Å². The van der Waals surface area contributed by atoms with Gasteiger partial charge in [-0.25, -0.2) is 0 Å². The molecule has 1 amide bonds. The van der Waals surface area contributed by atoms with Crippen molar-refractivity contribution in [2.24, 2.45) is 17.6 Å². The minimum Gasteiger partial charge on any atom is -0.338 e. The molecule has 0 aromatic rings. The molecule has 1 saturated heterocycles. The van der Waals surface area contributed by atoms with Crippen molar-refractivity contribution in [2.45, 2.75) is 44.6 Å². The number of likely N-dealkylation sites (tertiary alicyclic amines) is 1. The Morgan fingerprint density at radius 2 is 1.89 bits per heavy atom. The van der Waals surface area contributed by atoms with Gasteiger partial charge in [0.15, 0.2) is 0 Å². The van der Waals surface area contributed by atoms with E-state index in [0.29, 0.717) is 17.9 Å². The Labute approximate surface area is 117 Å². The first-order chi connectivity index (χ1) is 9.11. The lowest BCUT2D eigenvalue weighted by Gasteiger charge is -2.33. The van der Waals surface area contributed by atoms with Gasteiger partial charge in [0.25, 0.3) is 0 Å². The molecule has 4 nitrogen and oxygen atoms in total. The molecule has 0 radical (unpaired) electrons. The monoisotopic (exact) mass is 267 g/mol. The van der Waals surface area contributed by atoms with Crippen molar-refractivity contribution >= 4 is 5.91 Å². The highest BCUT2D eigenvalue weighted by atomic mass is 16.2. The van der Waals surface area contributed by atoms with Crippen LogP contribution in [-0.4, -0.2) is 55.5 Å². The molecule has 0 aromatic carbocycles. The second kappa shape index (κ2) is 6.71. The molecule has 1 atom stereocenters. The minimum absolute atomic E-state index is 0.269. The van der Waals surface area contributed by atoms with Gasteiger partial charge in [0, 0.05) is 25.0 Å². The van der Waals surface area contributed by atoms with E-state index in [-0.39, 0.29) is 5.92 Å². The topological polar surface area (TPSA) is 49.6 Å². The largest absolute Gasteiger partial charge is 0.338 e. The quantitative estimate of drug-likeness (QED) is 0.835. The fourth-order valence-corrected chi connectivity index (χ4v) is 3.62. The molecule has 2 rings (SSSR count). The van der Waals surface area contributed by atoms with Crippen LogP contribution >= 0.6 is 0 Å². The fraction of sp³-hybridized carbons (Fsp3) is 0.933.